The first kappa shape index (κ1) is 25.7. The fourth-order valence-corrected chi connectivity index (χ4v) is 3.15. The van der Waals surface area contributed by atoms with E-state index < -0.39 is 17.4 Å². The van der Waals surface area contributed by atoms with Crippen LogP contribution < -0.4 is 32.6 Å². The van der Waals surface area contributed by atoms with E-state index in [9.17, 15) is 14.0 Å². The molecule has 0 unspecified atom stereocenters. The molecular weight excluding hydrogens is 475 g/mol. The highest BCUT2D eigenvalue weighted by Crippen LogP contribution is 2.22. The van der Waals surface area contributed by atoms with Crippen molar-refractivity contribution in [1.82, 2.24) is 25.6 Å². The number of pyridine rings is 1. The molecule has 10 nitrogen and oxygen atoms in total. The molecule has 2 heterocycles. The van der Waals surface area contributed by atoms with Gasteiger partial charge in [0.2, 0.25) is 5.95 Å². The van der Waals surface area contributed by atoms with E-state index in [1.165, 1.54) is 24.4 Å². The van der Waals surface area contributed by atoms with Crippen molar-refractivity contribution in [2.75, 3.05) is 23.7 Å². The number of carbonyl (C=O) groups excluding carboxylic acids is 1. The molecule has 12 heteroatoms. The van der Waals surface area contributed by atoms with Crippen molar-refractivity contribution in [1.29, 1.82) is 0 Å². The Morgan fingerprint density at radius 1 is 1.17 bits per heavy atom. The number of hydrogen-bond donors (Lipinski definition) is 6. The summed E-state index contributed by atoms with van der Waals surface area (Å²) in [6.45, 7) is 4.02. The average molecular weight is 501 g/mol. The van der Waals surface area contributed by atoms with Crippen LogP contribution in [0.2, 0.25) is 5.02 Å². The first-order chi connectivity index (χ1) is 16.9. The number of urea groups is 1. The number of hydrogen-bond acceptors (Lipinski definition) is 7. The van der Waals surface area contributed by atoms with Crippen molar-refractivity contribution in [3.8, 4) is 11.1 Å². The Hall–Kier alpha value is -3.96. The van der Waals surface area contributed by atoms with Crippen molar-refractivity contribution >= 4 is 29.3 Å². The topological polar surface area (TPSA) is 150 Å². The molecule has 1 aromatic carbocycles. The van der Waals surface area contributed by atoms with Gasteiger partial charge in [-0.3, -0.25) is 20.1 Å². The van der Waals surface area contributed by atoms with Crippen LogP contribution in [0, 0.1) is 5.82 Å². The Morgan fingerprint density at radius 3 is 2.71 bits per heavy atom. The van der Waals surface area contributed by atoms with Crippen LogP contribution in [0.4, 0.5) is 20.8 Å². The predicted octanol–water partition coefficient (Wildman–Crippen LogP) is 3.16. The van der Waals surface area contributed by atoms with Gasteiger partial charge in [0, 0.05) is 31.0 Å². The van der Waals surface area contributed by atoms with E-state index in [-0.39, 0.29) is 22.2 Å². The molecule has 0 radical (unpaired) electrons. The number of carbonyl (C=O) groups is 1. The Balaban J connectivity index is 1.53. The van der Waals surface area contributed by atoms with Crippen LogP contribution in [-0.4, -0.2) is 34.1 Å². The van der Waals surface area contributed by atoms with Crippen molar-refractivity contribution in [3.63, 3.8) is 0 Å². The molecule has 0 aliphatic carbocycles. The fraction of sp³-hybridized carbons (Fsp3) is 0.217. The third kappa shape index (κ3) is 7.52. The molecular formula is C23H26ClFN8O2. The second-order valence-electron chi connectivity index (χ2n) is 7.39. The van der Waals surface area contributed by atoms with Gasteiger partial charge in [-0.1, -0.05) is 23.7 Å². The van der Waals surface area contributed by atoms with E-state index in [2.05, 4.69) is 36.2 Å². The van der Waals surface area contributed by atoms with E-state index in [0.717, 1.165) is 25.2 Å². The fourth-order valence-electron chi connectivity index (χ4n) is 2.98. The molecule has 7 N–H and O–H groups in total. The first-order valence-electron chi connectivity index (χ1n) is 10.8. The zero-order valence-corrected chi connectivity index (χ0v) is 19.7. The maximum absolute atomic E-state index is 13.9. The largest absolute Gasteiger partial charge is 0.386 e. The van der Waals surface area contributed by atoms with Crippen LogP contribution in [0.3, 0.4) is 0 Å². The summed E-state index contributed by atoms with van der Waals surface area (Å²) in [7, 11) is 0. The molecule has 0 fully saturated rings. The quantitative estimate of drug-likeness (QED) is 0.234. The van der Waals surface area contributed by atoms with E-state index in [1.54, 1.807) is 12.3 Å². The third-order valence-corrected chi connectivity index (χ3v) is 5.14. The number of nitrogens with one attached hydrogen (secondary N) is 5. The first-order valence-corrected chi connectivity index (χ1v) is 11.2. The molecule has 184 valence electrons. The molecule has 0 spiro atoms. The van der Waals surface area contributed by atoms with Gasteiger partial charge in [0.1, 0.15) is 0 Å². The van der Waals surface area contributed by atoms with Gasteiger partial charge >= 0.3 is 6.03 Å². The Labute approximate surface area is 206 Å². The van der Waals surface area contributed by atoms with Gasteiger partial charge in [0.25, 0.3) is 5.56 Å². The number of aromatic amines is 1. The minimum absolute atomic E-state index is 0.0989. The number of anilines is 2. The van der Waals surface area contributed by atoms with Crippen molar-refractivity contribution in [2.24, 2.45) is 5.73 Å². The molecule has 35 heavy (non-hydrogen) atoms. The summed E-state index contributed by atoms with van der Waals surface area (Å²) in [5.41, 5.74) is 6.78. The molecule has 0 saturated heterocycles. The van der Waals surface area contributed by atoms with E-state index in [4.69, 9.17) is 17.3 Å². The van der Waals surface area contributed by atoms with Crippen LogP contribution in [-0.2, 0) is 6.54 Å². The zero-order valence-electron chi connectivity index (χ0n) is 19.0. The monoisotopic (exact) mass is 500 g/mol. The lowest BCUT2D eigenvalue weighted by Gasteiger charge is -2.09. The number of amides is 2. The van der Waals surface area contributed by atoms with Crippen LogP contribution >= 0.6 is 11.6 Å². The smallest absolute Gasteiger partial charge is 0.326 e. The average Bonchev–Trinajstić information content (AvgIpc) is 2.84. The summed E-state index contributed by atoms with van der Waals surface area (Å²) in [6.07, 6.45) is 5.62. The van der Waals surface area contributed by atoms with Crippen molar-refractivity contribution < 1.29 is 9.18 Å². The van der Waals surface area contributed by atoms with Crippen LogP contribution in [0.1, 0.15) is 19.0 Å². The van der Waals surface area contributed by atoms with Gasteiger partial charge in [-0.25, -0.2) is 14.2 Å². The summed E-state index contributed by atoms with van der Waals surface area (Å²) in [5.74, 6) is -0.205. The lowest BCUT2D eigenvalue weighted by Crippen LogP contribution is -2.24. The van der Waals surface area contributed by atoms with E-state index >= 15 is 0 Å². The number of benzene rings is 1. The number of nitrogens with two attached hydrogens (primary N) is 1. The maximum atomic E-state index is 13.9. The SMILES string of the molecule is CC=C(N)NCCCNCc1ccc(-c2cnc(NC(=O)Nc3cccc(Cl)c3F)[nH]c2=O)cn1. The van der Waals surface area contributed by atoms with E-state index in [0.29, 0.717) is 17.9 Å². The number of halogens is 2. The van der Waals surface area contributed by atoms with E-state index in [1.807, 2.05) is 19.1 Å². The molecule has 2 amide bonds. The summed E-state index contributed by atoms with van der Waals surface area (Å²) >= 11 is 5.70. The molecule has 2 aromatic heterocycles. The standard InChI is InChI=1S/C23H26ClFN8O2/c1-2-19(26)28-10-4-9-27-12-15-8-7-14(11-29-15)16-13-30-22(32-21(16)34)33-23(35)31-18-6-3-5-17(24)20(18)25/h2-3,5-8,11,13,27-28H,4,9-10,12,26H2,1H3,(H3,30,31,32,33,34,35). The van der Waals surface area contributed by atoms with Gasteiger partial charge in [0.05, 0.1) is 27.8 Å². The third-order valence-electron chi connectivity index (χ3n) is 4.84. The van der Waals surface area contributed by atoms with Crippen LogP contribution in [0.25, 0.3) is 11.1 Å². The Bertz CT molecular complexity index is 1250. The van der Waals surface area contributed by atoms with Gasteiger partial charge in [0.15, 0.2) is 5.82 Å². The zero-order chi connectivity index (χ0) is 25.2. The summed E-state index contributed by atoms with van der Waals surface area (Å²) < 4.78 is 13.9. The van der Waals surface area contributed by atoms with Crippen molar-refractivity contribution in [2.45, 2.75) is 19.9 Å². The van der Waals surface area contributed by atoms with Gasteiger partial charge in [-0.15, -0.1) is 0 Å². The molecule has 0 aliphatic heterocycles. The molecule has 3 aromatic rings. The highest BCUT2D eigenvalue weighted by molar-refractivity contribution is 6.31. The highest BCUT2D eigenvalue weighted by Gasteiger charge is 2.12. The number of H-pyrrole nitrogens is 1. The van der Waals surface area contributed by atoms with Gasteiger partial charge in [-0.05, 0) is 44.2 Å². The number of nitrogens with zero attached hydrogens (tertiary/aromatic N) is 2. The highest BCUT2D eigenvalue weighted by atomic mass is 35.5. The minimum Gasteiger partial charge on any atom is -0.386 e. The normalized spacial score (nSPS) is 11.2. The predicted molar refractivity (Wildman–Crippen MR) is 134 cm³/mol. The molecule has 0 saturated carbocycles. The summed E-state index contributed by atoms with van der Waals surface area (Å²) in [4.78, 5) is 35.5. The van der Waals surface area contributed by atoms with Crippen LogP contribution in [0.15, 0.2) is 59.4 Å². The van der Waals surface area contributed by atoms with Crippen molar-refractivity contribution in [3.05, 3.63) is 81.5 Å². The molecule has 3 rings (SSSR count). The van der Waals surface area contributed by atoms with Crippen LogP contribution in [0.5, 0.6) is 0 Å². The minimum atomic E-state index is -0.790. The Morgan fingerprint density at radius 2 is 2.00 bits per heavy atom. The second-order valence-corrected chi connectivity index (χ2v) is 7.80. The number of rotatable bonds is 10. The summed E-state index contributed by atoms with van der Waals surface area (Å²) in [5, 5.41) is 10.9. The molecule has 0 aliphatic rings. The molecule has 0 atom stereocenters. The Kier molecular flexibility index (Phi) is 9.16. The number of aromatic nitrogens is 3. The second kappa shape index (κ2) is 12.5. The van der Waals surface area contributed by atoms with Gasteiger partial charge < -0.3 is 21.7 Å². The molecule has 0 bridgehead atoms. The maximum Gasteiger partial charge on any atom is 0.326 e. The lowest BCUT2D eigenvalue weighted by molar-refractivity contribution is 0.262. The van der Waals surface area contributed by atoms with Gasteiger partial charge in [-0.2, -0.15) is 0 Å². The lowest BCUT2D eigenvalue weighted by atomic mass is 10.1. The number of allylic oxidation sites excluding steroid dienone is 1. The summed E-state index contributed by atoms with van der Waals surface area (Å²) in [6, 6.07) is 7.00.